The van der Waals surface area contributed by atoms with Crippen LogP contribution in [0.2, 0.25) is 0 Å². The number of aromatic amines is 1. The monoisotopic (exact) mass is 386 g/mol. The van der Waals surface area contributed by atoms with Crippen molar-refractivity contribution in [2.45, 2.75) is 5.41 Å². The van der Waals surface area contributed by atoms with Gasteiger partial charge in [-0.1, -0.05) is 42.5 Å². The normalized spacial score (nSPS) is 12.7. The number of rotatable bonds is 6. The summed E-state index contributed by atoms with van der Waals surface area (Å²) in [6, 6.07) is 21.6. The van der Waals surface area contributed by atoms with Crippen LogP contribution in [-0.4, -0.2) is 26.3 Å². The Balaban J connectivity index is 1.82. The molecule has 0 aliphatic rings. The molecule has 29 heavy (non-hydrogen) atoms. The number of benzene rings is 2. The Morgan fingerprint density at radius 2 is 1.52 bits per heavy atom. The quantitative estimate of drug-likeness (QED) is 0.348. The first-order valence-electron chi connectivity index (χ1n) is 8.93. The number of carbonyl (C=O) groups excluding carboxylic acids is 1. The number of aromatic nitrogens is 3. The number of H-pyrrole nitrogens is 1. The van der Waals surface area contributed by atoms with E-state index in [1.807, 2.05) is 35.8 Å². The summed E-state index contributed by atoms with van der Waals surface area (Å²) in [6.45, 7) is 0. The van der Waals surface area contributed by atoms with E-state index in [1.54, 1.807) is 61.1 Å². The van der Waals surface area contributed by atoms with Gasteiger partial charge in [-0.2, -0.15) is 5.10 Å². The predicted molar refractivity (Wildman–Crippen MR) is 106 cm³/mol. The molecule has 144 valence electrons. The highest BCUT2D eigenvalue weighted by Crippen LogP contribution is 2.39. The molecule has 0 aliphatic carbocycles. The van der Waals surface area contributed by atoms with E-state index in [0.717, 1.165) is 0 Å². The van der Waals surface area contributed by atoms with Crippen molar-refractivity contribution in [1.29, 1.82) is 0 Å². The van der Waals surface area contributed by atoms with Crippen LogP contribution in [0.15, 0.2) is 91.4 Å². The van der Waals surface area contributed by atoms with Gasteiger partial charge in [-0.25, -0.2) is 5.48 Å². The van der Waals surface area contributed by atoms with Crippen molar-refractivity contribution in [3.63, 3.8) is 0 Å². The minimum absolute atomic E-state index is 0.526. The van der Waals surface area contributed by atoms with Crippen molar-refractivity contribution >= 4 is 5.91 Å². The lowest BCUT2D eigenvalue weighted by Gasteiger charge is -2.31. The molecule has 4 aromatic rings. The highest BCUT2D eigenvalue weighted by atomic mass is 16.5. The number of hydrogen-bond acceptors (Lipinski definition) is 5. The molecule has 2 aromatic carbocycles. The molecule has 4 rings (SSSR count). The molecule has 1 unspecified atom stereocenters. The van der Waals surface area contributed by atoms with E-state index in [1.165, 1.54) is 0 Å². The van der Waals surface area contributed by atoms with E-state index in [0.29, 0.717) is 28.3 Å². The molecule has 0 spiro atoms. The van der Waals surface area contributed by atoms with Gasteiger partial charge in [0, 0.05) is 18.6 Å². The standard InChI is InChI=1S/C22H18N4O3/c27-21(26-28)22(20-12-15-24-25-20,16-4-2-1-3-5-16)17-6-8-18(9-7-17)29-19-10-13-23-14-11-19/h1-15,28H,(H,24,25)(H,26,27). The minimum Gasteiger partial charge on any atom is -0.457 e. The zero-order chi connectivity index (χ0) is 20.1. The molecule has 0 aliphatic heterocycles. The zero-order valence-electron chi connectivity index (χ0n) is 15.3. The fraction of sp³-hybridized carbons (Fsp3) is 0.0455. The maximum atomic E-state index is 13.1. The van der Waals surface area contributed by atoms with Gasteiger partial charge in [0.1, 0.15) is 16.9 Å². The third-order valence-electron chi connectivity index (χ3n) is 4.73. The molecular weight excluding hydrogens is 368 g/mol. The van der Waals surface area contributed by atoms with Crippen LogP contribution < -0.4 is 10.2 Å². The summed E-state index contributed by atoms with van der Waals surface area (Å²) in [5.41, 5.74) is 2.35. The maximum Gasteiger partial charge on any atom is 0.264 e. The number of hydrogen-bond donors (Lipinski definition) is 3. The second-order valence-electron chi connectivity index (χ2n) is 6.34. The van der Waals surface area contributed by atoms with Gasteiger partial charge in [0.25, 0.3) is 5.91 Å². The van der Waals surface area contributed by atoms with Crippen LogP contribution in [0.5, 0.6) is 11.5 Å². The lowest BCUT2D eigenvalue weighted by atomic mass is 9.71. The molecule has 2 heterocycles. The highest BCUT2D eigenvalue weighted by molar-refractivity contribution is 5.95. The molecule has 1 amide bonds. The third kappa shape index (κ3) is 3.35. The van der Waals surface area contributed by atoms with Crippen LogP contribution in [0, 0.1) is 0 Å². The first-order chi connectivity index (χ1) is 14.2. The van der Waals surface area contributed by atoms with Gasteiger partial charge in [-0.15, -0.1) is 0 Å². The Hall–Kier alpha value is -3.97. The number of ether oxygens (including phenoxy) is 1. The van der Waals surface area contributed by atoms with Gasteiger partial charge in [0.2, 0.25) is 0 Å². The van der Waals surface area contributed by atoms with Gasteiger partial charge in [-0.3, -0.25) is 20.1 Å². The fourth-order valence-corrected chi connectivity index (χ4v) is 3.41. The molecule has 0 saturated carbocycles. The van der Waals surface area contributed by atoms with E-state index in [-0.39, 0.29) is 0 Å². The van der Waals surface area contributed by atoms with Gasteiger partial charge < -0.3 is 4.74 Å². The average molecular weight is 386 g/mol. The number of nitrogens with zero attached hydrogens (tertiary/aromatic N) is 2. The SMILES string of the molecule is O=C(NO)C(c1ccccc1)(c1ccc(Oc2ccncc2)cc1)c1ccn[nH]1. The summed E-state index contributed by atoms with van der Waals surface area (Å²) in [4.78, 5) is 17.0. The van der Waals surface area contributed by atoms with E-state index in [2.05, 4.69) is 15.2 Å². The van der Waals surface area contributed by atoms with E-state index >= 15 is 0 Å². The number of nitrogens with one attached hydrogen (secondary N) is 2. The average Bonchev–Trinajstić information content (AvgIpc) is 3.32. The van der Waals surface area contributed by atoms with Gasteiger partial charge in [-0.05, 0) is 41.5 Å². The van der Waals surface area contributed by atoms with Gasteiger partial charge in [0.15, 0.2) is 0 Å². The zero-order valence-corrected chi connectivity index (χ0v) is 15.3. The van der Waals surface area contributed by atoms with Crippen LogP contribution in [0.3, 0.4) is 0 Å². The number of amides is 1. The van der Waals surface area contributed by atoms with Crippen molar-refractivity contribution in [2.24, 2.45) is 0 Å². The summed E-state index contributed by atoms with van der Waals surface area (Å²) < 4.78 is 5.82. The first kappa shape index (κ1) is 18.4. The lowest BCUT2D eigenvalue weighted by molar-refractivity contribution is -0.132. The lowest BCUT2D eigenvalue weighted by Crippen LogP contribution is -2.45. The van der Waals surface area contributed by atoms with Crippen molar-refractivity contribution in [1.82, 2.24) is 20.7 Å². The van der Waals surface area contributed by atoms with Gasteiger partial charge in [0.05, 0.1) is 5.69 Å². The van der Waals surface area contributed by atoms with Crippen LogP contribution >= 0.6 is 0 Å². The summed E-state index contributed by atoms with van der Waals surface area (Å²) in [7, 11) is 0. The largest absolute Gasteiger partial charge is 0.457 e. The second-order valence-corrected chi connectivity index (χ2v) is 6.34. The van der Waals surface area contributed by atoms with Crippen LogP contribution in [0.4, 0.5) is 0 Å². The summed E-state index contributed by atoms with van der Waals surface area (Å²) in [5.74, 6) is 0.662. The van der Waals surface area contributed by atoms with Crippen LogP contribution in [-0.2, 0) is 10.2 Å². The fourth-order valence-electron chi connectivity index (χ4n) is 3.41. The molecule has 7 nitrogen and oxygen atoms in total. The van der Waals surface area contributed by atoms with Crippen molar-refractivity contribution in [3.8, 4) is 11.5 Å². The molecule has 3 N–H and O–H groups in total. The number of pyridine rings is 1. The van der Waals surface area contributed by atoms with Crippen molar-refractivity contribution in [3.05, 3.63) is 108 Å². The maximum absolute atomic E-state index is 13.1. The van der Waals surface area contributed by atoms with Crippen LogP contribution in [0.1, 0.15) is 16.8 Å². The molecular formula is C22H18N4O3. The Morgan fingerprint density at radius 1 is 0.862 bits per heavy atom. The van der Waals surface area contributed by atoms with Crippen molar-refractivity contribution < 1.29 is 14.7 Å². The van der Waals surface area contributed by atoms with Crippen molar-refractivity contribution in [2.75, 3.05) is 0 Å². The summed E-state index contributed by atoms with van der Waals surface area (Å²) in [6.07, 6.45) is 4.86. The highest BCUT2D eigenvalue weighted by Gasteiger charge is 2.45. The Morgan fingerprint density at radius 3 is 2.14 bits per heavy atom. The number of carbonyl (C=O) groups is 1. The first-order valence-corrected chi connectivity index (χ1v) is 8.93. The molecule has 2 aromatic heterocycles. The predicted octanol–water partition coefficient (Wildman–Crippen LogP) is 3.44. The second kappa shape index (κ2) is 7.95. The Kier molecular flexibility index (Phi) is 5.05. The van der Waals surface area contributed by atoms with Crippen LogP contribution in [0.25, 0.3) is 0 Å². The molecule has 7 heteroatoms. The molecule has 0 bridgehead atoms. The number of hydroxylamine groups is 1. The molecule has 1 atom stereocenters. The minimum atomic E-state index is -1.32. The summed E-state index contributed by atoms with van der Waals surface area (Å²) >= 11 is 0. The van der Waals surface area contributed by atoms with E-state index < -0.39 is 11.3 Å². The van der Waals surface area contributed by atoms with E-state index in [4.69, 9.17) is 4.74 Å². The smallest absolute Gasteiger partial charge is 0.264 e. The third-order valence-corrected chi connectivity index (χ3v) is 4.73. The Labute approximate surface area is 167 Å². The van der Waals surface area contributed by atoms with Gasteiger partial charge >= 0.3 is 0 Å². The molecule has 0 fully saturated rings. The molecule has 0 radical (unpaired) electrons. The summed E-state index contributed by atoms with van der Waals surface area (Å²) in [5, 5.41) is 16.5. The topological polar surface area (TPSA) is 100 Å². The molecule has 0 saturated heterocycles. The van der Waals surface area contributed by atoms with E-state index in [9.17, 15) is 10.0 Å². The Bertz CT molecular complexity index is 1070.